The Morgan fingerprint density at radius 3 is 0.781 bits per heavy atom. The number of hydrogen-bond acceptors (Lipinski definition) is 0. The van der Waals surface area contributed by atoms with E-state index in [0.29, 0.717) is 0 Å². The Morgan fingerprint density at radius 1 is 0.562 bits per heavy atom. The third-order valence-corrected chi connectivity index (χ3v) is 2.02. The quantitative estimate of drug-likeness (QED) is 0.150. The van der Waals surface area contributed by atoms with Crippen molar-refractivity contribution in [2.45, 2.75) is 86.0 Å². The summed E-state index contributed by atoms with van der Waals surface area (Å²) in [4.78, 5) is 0. The van der Waals surface area contributed by atoms with E-state index in [4.69, 9.17) is 19.3 Å². The van der Waals surface area contributed by atoms with Crippen LogP contribution in [0.1, 0.15) is 90.3 Å². The van der Waals surface area contributed by atoms with Gasteiger partial charge in [-0.25, -0.2) is 30.6 Å². The molecule has 0 spiro atoms. The van der Waals surface area contributed by atoms with E-state index < -0.39 is 0 Å². The summed E-state index contributed by atoms with van der Waals surface area (Å²) in [6.07, 6.45) is 27.8. The van der Waals surface area contributed by atoms with Gasteiger partial charge in [0.15, 0.2) is 0 Å². The van der Waals surface area contributed by atoms with Gasteiger partial charge in [0.1, 0.15) is 0 Å². The summed E-state index contributed by atoms with van der Waals surface area (Å²) in [5.41, 5.74) is 0. The molecule has 0 unspecified atom stereocenters. The summed E-state index contributed by atoms with van der Waals surface area (Å²) in [6, 6.07) is 0. The van der Waals surface area contributed by atoms with Gasteiger partial charge in [0, 0.05) is 4.28 Å². The van der Waals surface area contributed by atoms with Crippen LogP contribution in [0.25, 0.3) is 0 Å². The minimum absolute atomic E-state index is 0. The van der Waals surface area contributed by atoms with E-state index in [9.17, 15) is 0 Å². The average molecular weight is 766 g/mol. The SMILES string of the molecule is [C-]#CC#CC.[C-]#CC#CC.[C-]#CC#CC.[CH2-]CCCC.[CH2-]CCCC.[CH2-]CC[CH2-].[CH3-].[HH].[HH].[HH].[Hf+4].[Hf+4]. The van der Waals surface area contributed by atoms with Gasteiger partial charge < -0.3 is 54.4 Å². The maximum Gasteiger partial charge on any atom is 4.00 e. The zero-order valence-electron chi connectivity index (χ0n) is 21.5. The summed E-state index contributed by atoms with van der Waals surface area (Å²) in [5, 5.41) is 0. The Hall–Kier alpha value is -0.900. The van der Waals surface area contributed by atoms with E-state index in [1.54, 1.807) is 20.8 Å². The van der Waals surface area contributed by atoms with Gasteiger partial charge >= 0.3 is 51.7 Å². The fraction of sp³-hybridized carbons (Fsp3) is 0.433. The zero-order chi connectivity index (χ0) is 24.0. The Bertz CT molecular complexity index is 478. The zero-order valence-corrected chi connectivity index (χ0v) is 28.7. The number of unbranched alkanes of at least 4 members (excludes halogenated alkanes) is 5. The predicted octanol–water partition coefficient (Wildman–Crippen LogP) is 8.44. The fourth-order valence-corrected chi connectivity index (χ4v) is 0.687. The minimum atomic E-state index is 0. The normalized spacial score (nSPS) is 5.06. The predicted molar refractivity (Wildman–Crippen MR) is 144 cm³/mol. The smallest absolute Gasteiger partial charge is 0.358 e. The van der Waals surface area contributed by atoms with Crippen molar-refractivity contribution in [3.63, 3.8) is 0 Å². The molecule has 0 nitrogen and oxygen atoms in total. The molecule has 0 fully saturated rings. The van der Waals surface area contributed by atoms with Gasteiger partial charge in [-0.15, -0.1) is 0 Å². The summed E-state index contributed by atoms with van der Waals surface area (Å²) < 4.78 is 0. The van der Waals surface area contributed by atoms with Gasteiger partial charge in [-0.1, -0.05) is 39.5 Å². The molecule has 0 rings (SSSR count). The molecule has 0 aromatic rings. The van der Waals surface area contributed by atoms with Crippen LogP contribution in [-0.2, 0) is 51.7 Å². The molecule has 0 amide bonds. The maximum atomic E-state index is 6.18. The average Bonchev–Trinajstić information content (AvgIpc) is 2.73. The van der Waals surface area contributed by atoms with Crippen molar-refractivity contribution in [1.82, 2.24) is 0 Å². The molecule has 0 N–H and O–H groups in total. The Morgan fingerprint density at radius 2 is 0.781 bits per heavy atom. The largest absolute Gasteiger partial charge is 4.00 e. The Balaban J connectivity index is -0.0000000176. The van der Waals surface area contributed by atoms with E-state index in [2.05, 4.69) is 77.1 Å². The summed E-state index contributed by atoms with van der Waals surface area (Å²) >= 11 is 0. The molecule has 0 bridgehead atoms. The van der Waals surface area contributed by atoms with Crippen molar-refractivity contribution in [3.8, 4) is 53.3 Å². The molecule has 0 atom stereocenters. The summed E-state index contributed by atoms with van der Waals surface area (Å²) in [7, 11) is 0. The van der Waals surface area contributed by atoms with Gasteiger partial charge in [-0.05, 0) is 20.8 Å². The summed E-state index contributed by atoms with van der Waals surface area (Å²) in [6.45, 7) is 23.8. The first-order chi connectivity index (χ1) is 14.0. The molecule has 0 radical (unpaired) electrons. The molecular weight excluding hydrogens is 717 g/mol. The first-order valence-corrected chi connectivity index (χ1v) is 9.66. The van der Waals surface area contributed by atoms with Crippen molar-refractivity contribution >= 4 is 0 Å². The van der Waals surface area contributed by atoms with Crippen LogP contribution in [0.15, 0.2) is 0 Å². The van der Waals surface area contributed by atoms with Crippen LogP contribution in [0.5, 0.6) is 0 Å². The van der Waals surface area contributed by atoms with Gasteiger partial charge in [-0.3, -0.25) is 35.5 Å². The number of rotatable bonds is 5. The standard InChI is InChI=1S/2C5H11.3C5H3.C4H8.CH3.2Hf.3H2/c5*1-3-5-4-2;1-3-4-2;;;;;;/h2*1,3-5H2,2H3;3*1H3;1-4H2;1H3;;;3*1H/q5*-1;-2;-1;2*+4;;;. The van der Waals surface area contributed by atoms with Crippen LogP contribution in [0.2, 0.25) is 0 Å². The fourth-order valence-electron chi connectivity index (χ4n) is 0.687. The van der Waals surface area contributed by atoms with E-state index in [0.717, 1.165) is 25.7 Å². The molecule has 0 aromatic heterocycles. The first kappa shape index (κ1) is 57.7. The van der Waals surface area contributed by atoms with Crippen molar-refractivity contribution < 1.29 is 56.0 Å². The third-order valence-electron chi connectivity index (χ3n) is 2.02. The second-order valence-electron chi connectivity index (χ2n) is 4.62. The molecule has 0 aromatic carbocycles. The number of hydrogen-bond donors (Lipinski definition) is 0. The van der Waals surface area contributed by atoms with Crippen LogP contribution in [0.3, 0.4) is 0 Å². The third kappa shape index (κ3) is 225. The van der Waals surface area contributed by atoms with Crippen LogP contribution < -0.4 is 0 Å². The Kier molecular flexibility index (Phi) is 177. The van der Waals surface area contributed by atoms with Crippen LogP contribution in [-0.4, -0.2) is 0 Å². The second-order valence-corrected chi connectivity index (χ2v) is 4.62. The van der Waals surface area contributed by atoms with Gasteiger partial charge in [0.2, 0.25) is 0 Å². The molecule has 2 heteroatoms. The van der Waals surface area contributed by atoms with E-state index in [1.165, 1.54) is 25.7 Å². The molecule has 0 aliphatic rings. The summed E-state index contributed by atoms with van der Waals surface area (Å²) in [5.74, 6) is 20.0. The Labute approximate surface area is 248 Å². The van der Waals surface area contributed by atoms with E-state index >= 15 is 0 Å². The molecule has 0 saturated heterocycles. The van der Waals surface area contributed by atoms with Gasteiger partial charge in [0.05, 0.1) is 0 Å². The molecule has 0 aliphatic heterocycles. The first-order valence-electron chi connectivity index (χ1n) is 9.66. The maximum absolute atomic E-state index is 6.18. The molecule has 176 valence electrons. The molecule has 0 saturated carbocycles. The van der Waals surface area contributed by atoms with E-state index in [-0.39, 0.29) is 63.4 Å². The van der Waals surface area contributed by atoms with E-state index in [1.807, 2.05) is 17.8 Å². The second kappa shape index (κ2) is 98.3. The van der Waals surface area contributed by atoms with Crippen molar-refractivity contribution in [3.05, 3.63) is 54.4 Å². The van der Waals surface area contributed by atoms with Crippen molar-refractivity contribution in [1.29, 1.82) is 0 Å². The monoisotopic (exact) mass is 768 g/mol. The van der Waals surface area contributed by atoms with Crippen LogP contribution in [0, 0.1) is 108 Å². The molecule has 32 heavy (non-hydrogen) atoms. The van der Waals surface area contributed by atoms with Crippen molar-refractivity contribution in [2.75, 3.05) is 0 Å². The topological polar surface area (TPSA) is 0 Å². The molecule has 0 aliphatic carbocycles. The van der Waals surface area contributed by atoms with Crippen LogP contribution >= 0.6 is 0 Å². The van der Waals surface area contributed by atoms with Gasteiger partial charge in [0.25, 0.3) is 0 Å². The molecule has 0 heterocycles. The molecular formula is C30H48Hf2. The van der Waals surface area contributed by atoms with Crippen LogP contribution in [0.4, 0.5) is 0 Å². The minimum Gasteiger partial charge on any atom is -0.358 e. The van der Waals surface area contributed by atoms with Crippen molar-refractivity contribution in [2.24, 2.45) is 0 Å². The van der Waals surface area contributed by atoms with Gasteiger partial charge in [-0.2, -0.15) is 12.8 Å².